The summed E-state index contributed by atoms with van der Waals surface area (Å²) in [7, 11) is 0. The molecule has 1 aliphatic carbocycles. The number of rotatable bonds is 0. The van der Waals surface area contributed by atoms with Gasteiger partial charge in [-0.1, -0.05) is 12.2 Å². The monoisotopic (exact) mass is 206 g/mol. The van der Waals surface area contributed by atoms with E-state index in [1.165, 1.54) is 18.4 Å². The Kier molecular flexibility index (Phi) is 1.67. The average molecular weight is 206 g/mol. The summed E-state index contributed by atoms with van der Waals surface area (Å²) in [5.74, 6) is 0.690. The van der Waals surface area contributed by atoms with Gasteiger partial charge < -0.3 is 0 Å². The lowest BCUT2D eigenvalue weighted by molar-refractivity contribution is 0.656. The highest BCUT2D eigenvalue weighted by atomic mass is 32.1. The van der Waals surface area contributed by atoms with Gasteiger partial charge in [-0.15, -0.1) is 0 Å². The van der Waals surface area contributed by atoms with Gasteiger partial charge in [-0.3, -0.25) is 5.10 Å². The van der Waals surface area contributed by atoms with Gasteiger partial charge in [0.15, 0.2) is 0 Å². The maximum atomic E-state index is 5.39. The first kappa shape index (κ1) is 8.11. The van der Waals surface area contributed by atoms with Crippen LogP contribution in [0.1, 0.15) is 24.1 Å². The fraction of sp³-hybridized carbons (Fsp3) is 0.444. The summed E-state index contributed by atoms with van der Waals surface area (Å²) in [5, 5.41) is 2.98. The average Bonchev–Trinajstić information content (AvgIpc) is 2.66. The van der Waals surface area contributed by atoms with Crippen LogP contribution in [0.2, 0.25) is 0 Å². The van der Waals surface area contributed by atoms with E-state index in [0.29, 0.717) is 5.78 Å². The molecule has 1 N–H and O–H groups in total. The molecule has 0 atom stereocenters. The first-order valence-electron chi connectivity index (χ1n) is 4.80. The van der Waals surface area contributed by atoms with E-state index >= 15 is 0 Å². The molecule has 2 aromatic rings. The summed E-state index contributed by atoms with van der Waals surface area (Å²) in [6.07, 6.45) is 6.17. The number of aromatic nitrogens is 4. The third kappa shape index (κ3) is 1.02. The Morgan fingerprint density at radius 2 is 2.21 bits per heavy atom. The van der Waals surface area contributed by atoms with Crippen molar-refractivity contribution in [2.24, 2.45) is 0 Å². The number of nitrogens with one attached hydrogen (secondary N) is 1. The summed E-state index contributed by atoms with van der Waals surface area (Å²) in [5.41, 5.74) is 2.38. The van der Waals surface area contributed by atoms with Gasteiger partial charge in [0.1, 0.15) is 11.0 Å². The van der Waals surface area contributed by atoms with Crippen LogP contribution >= 0.6 is 12.2 Å². The number of aromatic amines is 1. The SMILES string of the molecule is S=c1c2c(nc3nc[nH]n13)CCCC2. The Balaban J connectivity index is 2.42. The van der Waals surface area contributed by atoms with Crippen LogP contribution in [0.3, 0.4) is 0 Å². The van der Waals surface area contributed by atoms with E-state index in [0.717, 1.165) is 23.2 Å². The van der Waals surface area contributed by atoms with Gasteiger partial charge in [-0.25, -0.2) is 14.5 Å². The molecule has 3 rings (SSSR count). The van der Waals surface area contributed by atoms with Crippen LogP contribution in [0.25, 0.3) is 5.78 Å². The van der Waals surface area contributed by atoms with Crippen molar-refractivity contribution in [1.29, 1.82) is 0 Å². The third-order valence-electron chi connectivity index (χ3n) is 2.70. The molecule has 0 fully saturated rings. The van der Waals surface area contributed by atoms with E-state index in [4.69, 9.17) is 12.2 Å². The molecule has 0 saturated heterocycles. The number of fused-ring (bicyclic) bond motifs is 2. The maximum absolute atomic E-state index is 5.39. The second-order valence-electron chi connectivity index (χ2n) is 3.57. The fourth-order valence-electron chi connectivity index (χ4n) is 1.99. The predicted octanol–water partition coefficient (Wildman–Crippen LogP) is 1.67. The molecule has 5 heteroatoms. The van der Waals surface area contributed by atoms with Gasteiger partial charge in [0, 0.05) is 5.56 Å². The zero-order valence-corrected chi connectivity index (χ0v) is 8.47. The van der Waals surface area contributed by atoms with E-state index < -0.39 is 0 Å². The van der Waals surface area contributed by atoms with E-state index in [2.05, 4.69) is 15.1 Å². The largest absolute Gasteiger partial charge is 0.280 e. The van der Waals surface area contributed by atoms with Crippen molar-refractivity contribution in [3.8, 4) is 0 Å². The minimum absolute atomic E-state index is 0.690. The number of hydrogen-bond donors (Lipinski definition) is 1. The summed E-state index contributed by atoms with van der Waals surface area (Å²) in [6, 6.07) is 0. The van der Waals surface area contributed by atoms with Crippen molar-refractivity contribution in [3.05, 3.63) is 22.2 Å². The quantitative estimate of drug-likeness (QED) is 0.667. The van der Waals surface area contributed by atoms with Crippen molar-refractivity contribution in [1.82, 2.24) is 19.6 Å². The second-order valence-corrected chi connectivity index (χ2v) is 3.96. The molecule has 0 unspecified atom stereocenters. The molecule has 0 saturated carbocycles. The number of nitrogens with zero attached hydrogens (tertiary/aromatic N) is 3. The fourth-order valence-corrected chi connectivity index (χ4v) is 2.34. The summed E-state index contributed by atoms with van der Waals surface area (Å²) in [6.45, 7) is 0. The third-order valence-corrected chi connectivity index (χ3v) is 3.13. The van der Waals surface area contributed by atoms with Crippen LogP contribution in [0.5, 0.6) is 0 Å². The van der Waals surface area contributed by atoms with Crippen LogP contribution < -0.4 is 0 Å². The minimum atomic E-state index is 0.690. The molecular weight excluding hydrogens is 196 g/mol. The Hall–Kier alpha value is -1.23. The van der Waals surface area contributed by atoms with E-state index in [1.807, 2.05) is 0 Å². The van der Waals surface area contributed by atoms with Crippen molar-refractivity contribution >= 4 is 18.0 Å². The molecule has 0 aliphatic heterocycles. The molecule has 0 bridgehead atoms. The van der Waals surface area contributed by atoms with Crippen molar-refractivity contribution < 1.29 is 0 Å². The van der Waals surface area contributed by atoms with Crippen molar-refractivity contribution in [2.45, 2.75) is 25.7 Å². The summed E-state index contributed by atoms with van der Waals surface area (Å²) in [4.78, 5) is 8.61. The molecule has 0 spiro atoms. The molecule has 14 heavy (non-hydrogen) atoms. The zero-order chi connectivity index (χ0) is 9.54. The Bertz CT molecular complexity index is 539. The second kappa shape index (κ2) is 2.88. The molecule has 1 aliphatic rings. The van der Waals surface area contributed by atoms with Gasteiger partial charge in [0.2, 0.25) is 0 Å². The van der Waals surface area contributed by atoms with Crippen LogP contribution in [0.15, 0.2) is 6.33 Å². The molecule has 72 valence electrons. The van der Waals surface area contributed by atoms with Crippen LogP contribution in [0, 0.1) is 4.64 Å². The lowest BCUT2D eigenvalue weighted by Gasteiger charge is -2.14. The van der Waals surface area contributed by atoms with Crippen molar-refractivity contribution in [2.75, 3.05) is 0 Å². The first-order valence-corrected chi connectivity index (χ1v) is 5.21. The molecule has 2 aromatic heterocycles. The summed E-state index contributed by atoms with van der Waals surface area (Å²) < 4.78 is 2.63. The molecular formula is C9H10N4S. The Labute approximate surface area is 86.0 Å². The topological polar surface area (TPSA) is 46.0 Å². The molecule has 0 radical (unpaired) electrons. The van der Waals surface area contributed by atoms with E-state index in [9.17, 15) is 0 Å². The van der Waals surface area contributed by atoms with Crippen LogP contribution in [-0.2, 0) is 12.8 Å². The zero-order valence-electron chi connectivity index (χ0n) is 7.66. The van der Waals surface area contributed by atoms with Crippen LogP contribution in [0.4, 0.5) is 0 Å². The van der Waals surface area contributed by atoms with Gasteiger partial charge in [0.25, 0.3) is 5.78 Å². The minimum Gasteiger partial charge on any atom is -0.280 e. The van der Waals surface area contributed by atoms with E-state index in [1.54, 1.807) is 10.8 Å². The van der Waals surface area contributed by atoms with E-state index in [-0.39, 0.29) is 0 Å². The molecule has 0 aromatic carbocycles. The van der Waals surface area contributed by atoms with Gasteiger partial charge in [-0.2, -0.15) is 0 Å². The van der Waals surface area contributed by atoms with Crippen molar-refractivity contribution in [3.63, 3.8) is 0 Å². The summed E-state index contributed by atoms with van der Waals surface area (Å²) >= 11 is 5.39. The maximum Gasteiger partial charge on any atom is 0.251 e. The normalized spacial score (nSPS) is 15.7. The highest BCUT2D eigenvalue weighted by Gasteiger charge is 2.14. The van der Waals surface area contributed by atoms with Gasteiger partial charge in [0.05, 0.1) is 5.69 Å². The van der Waals surface area contributed by atoms with Gasteiger partial charge >= 0.3 is 0 Å². The first-order chi connectivity index (χ1) is 6.86. The lowest BCUT2D eigenvalue weighted by atomic mass is 9.98. The molecule has 4 nitrogen and oxygen atoms in total. The lowest BCUT2D eigenvalue weighted by Crippen LogP contribution is -2.09. The number of aryl methyl sites for hydroxylation is 1. The Morgan fingerprint density at radius 3 is 3.14 bits per heavy atom. The highest BCUT2D eigenvalue weighted by Crippen LogP contribution is 2.20. The molecule has 2 heterocycles. The van der Waals surface area contributed by atoms with Gasteiger partial charge in [-0.05, 0) is 25.7 Å². The molecule has 0 amide bonds. The standard InChI is InChI=1S/C9H10N4S/c14-8-6-3-1-2-4-7(6)12-9-10-5-11-13(8)9/h5H,1-4H2,(H,10,11,12). The predicted molar refractivity (Wildman–Crippen MR) is 54.8 cm³/mol. The smallest absolute Gasteiger partial charge is 0.251 e. The van der Waals surface area contributed by atoms with Crippen LogP contribution in [-0.4, -0.2) is 19.6 Å². The number of hydrogen-bond acceptors (Lipinski definition) is 3. The number of H-pyrrole nitrogens is 1. The Morgan fingerprint density at radius 1 is 1.36 bits per heavy atom. The highest BCUT2D eigenvalue weighted by molar-refractivity contribution is 7.71.